The minimum atomic E-state index is -3.53. The summed E-state index contributed by atoms with van der Waals surface area (Å²) in [6.45, 7) is 5.02. The molecule has 0 unspecified atom stereocenters. The van der Waals surface area contributed by atoms with E-state index >= 15 is 0 Å². The molecule has 2 aromatic rings. The maximum atomic E-state index is 13.0. The number of hydrogen-bond acceptors (Lipinski definition) is 5. The second kappa shape index (κ2) is 9.32. The molecule has 1 aromatic carbocycles. The minimum absolute atomic E-state index is 0.0309. The van der Waals surface area contributed by atoms with Crippen molar-refractivity contribution >= 4 is 15.9 Å². The molecule has 1 aromatic heterocycles. The first-order valence-corrected chi connectivity index (χ1v) is 11.7. The highest BCUT2D eigenvalue weighted by Crippen LogP contribution is 2.25. The zero-order valence-electron chi connectivity index (χ0n) is 18.1. The summed E-state index contributed by atoms with van der Waals surface area (Å²) in [7, 11) is 0.345. The van der Waals surface area contributed by atoms with E-state index in [0.29, 0.717) is 37.4 Å². The molecule has 2 heterocycles. The molecule has 1 atom stereocenters. The van der Waals surface area contributed by atoms with Gasteiger partial charge in [-0.05, 0) is 76.2 Å². The van der Waals surface area contributed by atoms with Crippen molar-refractivity contribution in [3.8, 4) is 0 Å². The molecule has 0 aliphatic carbocycles. The number of sulfonamides is 1. The standard InChI is InChI=1S/C22H31N3O4S/c1-16-7-8-19(14-17(16)2)30(27,28)25-11-9-18(10-12-25)22(26)23-15-20(24(3)4)21-6-5-13-29-21/h5-8,13-14,18,20H,9-12,15H2,1-4H3,(H,23,26)/t20-/m0/s1. The summed E-state index contributed by atoms with van der Waals surface area (Å²) in [5.74, 6) is 0.585. The lowest BCUT2D eigenvalue weighted by Crippen LogP contribution is -2.44. The zero-order valence-corrected chi connectivity index (χ0v) is 18.9. The van der Waals surface area contributed by atoms with Crippen molar-refractivity contribution in [1.29, 1.82) is 0 Å². The Labute approximate surface area is 179 Å². The molecule has 164 valence electrons. The summed E-state index contributed by atoms with van der Waals surface area (Å²) >= 11 is 0. The third-order valence-corrected chi connectivity index (χ3v) is 7.80. The number of furan rings is 1. The van der Waals surface area contributed by atoms with E-state index < -0.39 is 10.0 Å². The maximum absolute atomic E-state index is 13.0. The van der Waals surface area contributed by atoms with E-state index in [0.717, 1.165) is 16.9 Å². The number of rotatable bonds is 7. The van der Waals surface area contributed by atoms with Crippen LogP contribution in [0.5, 0.6) is 0 Å². The Kier molecular flexibility index (Phi) is 7.00. The van der Waals surface area contributed by atoms with Crippen molar-refractivity contribution < 1.29 is 17.6 Å². The Hall–Kier alpha value is -2.16. The average molecular weight is 434 g/mol. The number of nitrogens with zero attached hydrogens (tertiary/aromatic N) is 2. The topological polar surface area (TPSA) is 82.9 Å². The fourth-order valence-corrected chi connectivity index (χ4v) is 5.30. The van der Waals surface area contributed by atoms with Gasteiger partial charge in [0.2, 0.25) is 15.9 Å². The lowest BCUT2D eigenvalue weighted by molar-refractivity contribution is -0.126. The maximum Gasteiger partial charge on any atom is 0.243 e. The molecular formula is C22H31N3O4S. The molecule has 3 rings (SSSR count). The number of hydrogen-bond donors (Lipinski definition) is 1. The third-order valence-electron chi connectivity index (χ3n) is 5.91. The zero-order chi connectivity index (χ0) is 21.9. The summed E-state index contributed by atoms with van der Waals surface area (Å²) in [5.41, 5.74) is 2.02. The van der Waals surface area contributed by atoms with E-state index in [1.165, 1.54) is 4.31 Å². The monoisotopic (exact) mass is 433 g/mol. The lowest BCUT2D eigenvalue weighted by atomic mass is 9.97. The van der Waals surface area contributed by atoms with Gasteiger partial charge in [0, 0.05) is 25.6 Å². The average Bonchev–Trinajstić information content (AvgIpc) is 3.24. The van der Waals surface area contributed by atoms with Crippen LogP contribution in [0.25, 0.3) is 0 Å². The number of carbonyl (C=O) groups excluding carboxylic acids is 1. The predicted molar refractivity (Wildman–Crippen MR) is 116 cm³/mol. The highest BCUT2D eigenvalue weighted by molar-refractivity contribution is 7.89. The third kappa shape index (κ3) is 4.94. The van der Waals surface area contributed by atoms with Gasteiger partial charge in [-0.15, -0.1) is 0 Å². The summed E-state index contributed by atoms with van der Waals surface area (Å²) in [5, 5.41) is 3.01. The quantitative estimate of drug-likeness (QED) is 0.726. The highest BCUT2D eigenvalue weighted by atomic mass is 32.2. The van der Waals surface area contributed by atoms with Gasteiger partial charge in [-0.25, -0.2) is 8.42 Å². The van der Waals surface area contributed by atoms with Gasteiger partial charge in [-0.2, -0.15) is 4.31 Å². The van der Waals surface area contributed by atoms with Gasteiger partial charge in [-0.1, -0.05) is 6.07 Å². The van der Waals surface area contributed by atoms with Crippen LogP contribution in [0.1, 0.15) is 35.8 Å². The van der Waals surface area contributed by atoms with Gasteiger partial charge in [0.05, 0.1) is 17.2 Å². The number of likely N-dealkylation sites (N-methyl/N-ethyl adjacent to an activating group) is 1. The van der Waals surface area contributed by atoms with Crippen LogP contribution in [0.4, 0.5) is 0 Å². The molecular weight excluding hydrogens is 402 g/mol. The van der Waals surface area contributed by atoms with Crippen LogP contribution in [0.15, 0.2) is 45.9 Å². The van der Waals surface area contributed by atoms with E-state index in [1.54, 1.807) is 18.4 Å². The fraction of sp³-hybridized carbons (Fsp3) is 0.500. The number of benzene rings is 1. The molecule has 1 N–H and O–H groups in total. The summed E-state index contributed by atoms with van der Waals surface area (Å²) < 4.78 is 32.9. The number of piperidine rings is 1. The van der Waals surface area contributed by atoms with Crippen molar-refractivity contribution in [2.24, 2.45) is 5.92 Å². The van der Waals surface area contributed by atoms with E-state index in [-0.39, 0.29) is 17.9 Å². The first-order valence-electron chi connectivity index (χ1n) is 10.2. The van der Waals surface area contributed by atoms with Crippen molar-refractivity contribution in [1.82, 2.24) is 14.5 Å². The van der Waals surface area contributed by atoms with Crippen LogP contribution >= 0.6 is 0 Å². The Morgan fingerprint density at radius 1 is 1.20 bits per heavy atom. The predicted octanol–water partition coefficient (Wildman–Crippen LogP) is 2.72. The van der Waals surface area contributed by atoms with E-state index in [2.05, 4.69) is 5.32 Å². The molecule has 7 nitrogen and oxygen atoms in total. The van der Waals surface area contributed by atoms with Gasteiger partial charge in [0.15, 0.2) is 0 Å². The molecule has 0 bridgehead atoms. The van der Waals surface area contributed by atoms with Gasteiger partial charge in [-0.3, -0.25) is 9.69 Å². The summed E-state index contributed by atoms with van der Waals surface area (Å²) in [6.07, 6.45) is 2.66. The number of nitrogens with one attached hydrogen (secondary N) is 1. The molecule has 1 aliphatic rings. The van der Waals surface area contributed by atoms with Crippen LogP contribution in [0.3, 0.4) is 0 Å². The minimum Gasteiger partial charge on any atom is -0.468 e. The second-order valence-electron chi connectivity index (χ2n) is 8.16. The molecule has 0 spiro atoms. The second-order valence-corrected chi connectivity index (χ2v) is 10.1. The van der Waals surface area contributed by atoms with Gasteiger partial charge < -0.3 is 9.73 Å². The molecule has 30 heavy (non-hydrogen) atoms. The first kappa shape index (κ1) is 22.5. The molecule has 8 heteroatoms. The molecule has 1 amide bonds. The van der Waals surface area contributed by atoms with Gasteiger partial charge in [0.1, 0.15) is 5.76 Å². The van der Waals surface area contributed by atoms with Crippen molar-refractivity contribution in [2.45, 2.75) is 37.6 Å². The van der Waals surface area contributed by atoms with Crippen LogP contribution < -0.4 is 5.32 Å². The van der Waals surface area contributed by atoms with Crippen LogP contribution in [-0.2, 0) is 14.8 Å². The van der Waals surface area contributed by atoms with Gasteiger partial charge >= 0.3 is 0 Å². The molecule has 1 saturated heterocycles. The molecule has 1 aliphatic heterocycles. The van der Waals surface area contributed by atoms with E-state index in [4.69, 9.17) is 4.42 Å². The normalized spacial score (nSPS) is 17.2. The number of carbonyl (C=O) groups is 1. The lowest BCUT2D eigenvalue weighted by Gasteiger charge is -2.31. The van der Waals surface area contributed by atoms with Crippen molar-refractivity contribution in [3.05, 3.63) is 53.5 Å². The Morgan fingerprint density at radius 2 is 1.90 bits per heavy atom. The smallest absolute Gasteiger partial charge is 0.243 e. The Balaban J connectivity index is 1.57. The molecule has 0 radical (unpaired) electrons. The highest BCUT2D eigenvalue weighted by Gasteiger charge is 2.32. The fourth-order valence-electron chi connectivity index (χ4n) is 3.74. The first-order chi connectivity index (χ1) is 14.2. The van der Waals surface area contributed by atoms with Crippen LogP contribution in [0.2, 0.25) is 0 Å². The summed E-state index contributed by atoms with van der Waals surface area (Å²) in [6, 6.07) is 8.90. The largest absolute Gasteiger partial charge is 0.468 e. The number of aryl methyl sites for hydroxylation is 2. The van der Waals surface area contributed by atoms with E-state index in [9.17, 15) is 13.2 Å². The summed E-state index contributed by atoms with van der Waals surface area (Å²) in [4.78, 5) is 15.0. The Bertz CT molecular complexity index is 962. The van der Waals surface area contributed by atoms with Crippen molar-refractivity contribution in [3.63, 3.8) is 0 Å². The SMILES string of the molecule is Cc1ccc(S(=O)(=O)N2CCC(C(=O)NC[C@@H](c3ccco3)N(C)C)CC2)cc1C. The van der Waals surface area contributed by atoms with E-state index in [1.807, 2.05) is 51.0 Å². The molecule has 0 saturated carbocycles. The number of amides is 1. The van der Waals surface area contributed by atoms with Crippen LogP contribution in [-0.4, -0.2) is 57.3 Å². The van der Waals surface area contributed by atoms with Gasteiger partial charge in [0.25, 0.3) is 0 Å². The molecule has 1 fully saturated rings. The Morgan fingerprint density at radius 3 is 2.47 bits per heavy atom. The van der Waals surface area contributed by atoms with Crippen LogP contribution in [0, 0.1) is 19.8 Å². The van der Waals surface area contributed by atoms with Crippen molar-refractivity contribution in [2.75, 3.05) is 33.7 Å².